The van der Waals surface area contributed by atoms with Crippen LogP contribution in [-0.2, 0) is 7.05 Å². The number of rotatable bonds is 5. The average Bonchev–Trinajstić information content (AvgIpc) is 2.82. The zero-order valence-corrected chi connectivity index (χ0v) is 11.1. The number of benzene rings is 1. The van der Waals surface area contributed by atoms with Gasteiger partial charge in [-0.05, 0) is 37.3 Å². The van der Waals surface area contributed by atoms with Gasteiger partial charge in [-0.3, -0.25) is 4.79 Å². The molecule has 1 heterocycles. The maximum absolute atomic E-state index is 13.2. The molecule has 2 aromatic rings. The predicted octanol–water partition coefficient (Wildman–Crippen LogP) is 2.87. The van der Waals surface area contributed by atoms with E-state index in [0.717, 1.165) is 5.69 Å². The molecule has 0 atom stereocenters. The topological polar surface area (TPSA) is 25.2 Å². The lowest BCUT2D eigenvalue weighted by Crippen LogP contribution is -2.30. The number of nitrogens with zero attached hydrogens (tertiary/aromatic N) is 2. The van der Waals surface area contributed by atoms with Gasteiger partial charge in [0.15, 0.2) is 5.78 Å². The van der Waals surface area contributed by atoms with Gasteiger partial charge in [0.1, 0.15) is 5.82 Å². The second-order valence-corrected chi connectivity index (χ2v) is 4.42. The summed E-state index contributed by atoms with van der Waals surface area (Å²) in [5.74, 6) is -0.263. The zero-order chi connectivity index (χ0) is 13.8. The summed E-state index contributed by atoms with van der Waals surface area (Å²) < 4.78 is 15.0. The number of ketones is 1. The van der Waals surface area contributed by atoms with E-state index in [1.165, 1.54) is 12.1 Å². The van der Waals surface area contributed by atoms with Gasteiger partial charge in [0.2, 0.25) is 0 Å². The summed E-state index contributed by atoms with van der Waals surface area (Å²) in [5, 5.41) is 0. The van der Waals surface area contributed by atoms with Gasteiger partial charge in [-0.15, -0.1) is 0 Å². The highest BCUT2D eigenvalue weighted by molar-refractivity contribution is 5.98. The van der Waals surface area contributed by atoms with Crippen LogP contribution < -0.4 is 4.90 Å². The average molecular weight is 260 g/mol. The number of likely N-dealkylation sites (N-methyl/N-ethyl adjacent to an activating group) is 1. The van der Waals surface area contributed by atoms with Crippen LogP contribution in [0.15, 0.2) is 42.6 Å². The molecule has 2 rings (SSSR count). The van der Waals surface area contributed by atoms with Gasteiger partial charge in [0, 0.05) is 25.5 Å². The van der Waals surface area contributed by atoms with E-state index in [0.29, 0.717) is 12.2 Å². The summed E-state index contributed by atoms with van der Waals surface area (Å²) in [6, 6.07) is 9.94. The number of carbonyl (C=O) groups is 1. The molecule has 1 aromatic carbocycles. The monoisotopic (exact) mass is 260 g/mol. The van der Waals surface area contributed by atoms with Gasteiger partial charge in [0.25, 0.3) is 0 Å². The Morgan fingerprint density at radius 3 is 2.68 bits per heavy atom. The zero-order valence-electron chi connectivity index (χ0n) is 11.1. The normalized spacial score (nSPS) is 10.5. The summed E-state index contributed by atoms with van der Waals surface area (Å²) in [6.07, 6.45) is 1.84. The van der Waals surface area contributed by atoms with Crippen molar-refractivity contribution in [3.8, 4) is 0 Å². The molecular weight excluding hydrogens is 243 g/mol. The first-order valence-corrected chi connectivity index (χ1v) is 6.27. The molecule has 0 saturated heterocycles. The molecule has 0 saturated carbocycles. The van der Waals surface area contributed by atoms with Crippen molar-refractivity contribution in [1.29, 1.82) is 0 Å². The van der Waals surface area contributed by atoms with Gasteiger partial charge in [-0.1, -0.05) is 6.07 Å². The molecule has 19 heavy (non-hydrogen) atoms. The molecule has 0 N–H and O–H groups in total. The highest BCUT2D eigenvalue weighted by Crippen LogP contribution is 2.16. The first kappa shape index (κ1) is 13.3. The Labute approximate surface area is 112 Å². The third-order valence-corrected chi connectivity index (χ3v) is 3.12. The van der Waals surface area contributed by atoms with E-state index in [1.807, 2.05) is 37.2 Å². The lowest BCUT2D eigenvalue weighted by Gasteiger charge is -2.22. The number of carbonyl (C=O) groups excluding carboxylic acids is 1. The van der Waals surface area contributed by atoms with Crippen molar-refractivity contribution < 1.29 is 9.18 Å². The Balaban J connectivity index is 2.16. The first-order chi connectivity index (χ1) is 9.11. The van der Waals surface area contributed by atoms with E-state index in [9.17, 15) is 9.18 Å². The summed E-state index contributed by atoms with van der Waals surface area (Å²) in [4.78, 5) is 14.1. The van der Waals surface area contributed by atoms with Crippen LogP contribution in [0.4, 0.5) is 10.1 Å². The Morgan fingerprint density at radius 1 is 1.32 bits per heavy atom. The molecule has 0 aliphatic heterocycles. The minimum absolute atomic E-state index is 0.0265. The third kappa shape index (κ3) is 3.02. The molecule has 0 aliphatic carbocycles. The predicted molar refractivity (Wildman–Crippen MR) is 74.0 cm³/mol. The van der Waals surface area contributed by atoms with Crippen LogP contribution in [0.1, 0.15) is 17.4 Å². The smallest absolute Gasteiger partial charge is 0.198 e. The van der Waals surface area contributed by atoms with Gasteiger partial charge in [0.05, 0.1) is 12.2 Å². The maximum Gasteiger partial charge on any atom is 0.198 e. The van der Waals surface area contributed by atoms with Crippen molar-refractivity contribution in [3.63, 3.8) is 0 Å². The summed E-state index contributed by atoms with van der Waals surface area (Å²) >= 11 is 0. The van der Waals surface area contributed by atoms with Crippen molar-refractivity contribution in [3.05, 3.63) is 54.1 Å². The summed E-state index contributed by atoms with van der Waals surface area (Å²) in [7, 11) is 1.84. The second-order valence-electron chi connectivity index (χ2n) is 4.42. The third-order valence-electron chi connectivity index (χ3n) is 3.12. The molecule has 3 nitrogen and oxygen atoms in total. The minimum atomic E-state index is -0.290. The fraction of sp³-hybridized carbons (Fsp3) is 0.267. The van der Waals surface area contributed by atoms with Crippen molar-refractivity contribution >= 4 is 11.5 Å². The molecule has 0 unspecified atom stereocenters. The van der Waals surface area contributed by atoms with Crippen LogP contribution in [0.2, 0.25) is 0 Å². The van der Waals surface area contributed by atoms with Crippen LogP contribution in [0, 0.1) is 5.82 Å². The van der Waals surface area contributed by atoms with E-state index in [4.69, 9.17) is 0 Å². The quantitative estimate of drug-likeness (QED) is 0.772. The van der Waals surface area contributed by atoms with Crippen molar-refractivity contribution in [2.45, 2.75) is 6.92 Å². The summed E-state index contributed by atoms with van der Waals surface area (Å²) in [5.41, 5.74) is 1.39. The molecule has 0 bridgehead atoms. The van der Waals surface area contributed by atoms with Crippen molar-refractivity contribution in [2.24, 2.45) is 7.05 Å². The van der Waals surface area contributed by atoms with E-state index in [-0.39, 0.29) is 18.1 Å². The van der Waals surface area contributed by atoms with E-state index < -0.39 is 0 Å². The Kier molecular flexibility index (Phi) is 4.00. The molecule has 4 heteroatoms. The Hall–Kier alpha value is -2.10. The number of aromatic nitrogens is 1. The van der Waals surface area contributed by atoms with Crippen molar-refractivity contribution in [1.82, 2.24) is 4.57 Å². The Bertz CT molecular complexity index is 577. The number of anilines is 1. The lowest BCUT2D eigenvalue weighted by molar-refractivity contribution is 0.0991. The highest BCUT2D eigenvalue weighted by Gasteiger charge is 2.14. The summed E-state index contributed by atoms with van der Waals surface area (Å²) in [6.45, 7) is 2.85. The standard InChI is InChI=1S/C15H17FN2O/c1-3-18(13-7-4-6-12(16)10-13)11-15(19)14-8-5-9-17(14)2/h4-10H,3,11H2,1-2H3. The molecule has 0 spiro atoms. The fourth-order valence-corrected chi connectivity index (χ4v) is 2.06. The van der Waals surface area contributed by atoms with E-state index in [2.05, 4.69) is 0 Å². The number of hydrogen-bond donors (Lipinski definition) is 0. The van der Waals surface area contributed by atoms with Gasteiger partial charge >= 0.3 is 0 Å². The molecule has 0 aliphatic rings. The number of aryl methyl sites for hydroxylation is 1. The maximum atomic E-state index is 13.2. The number of Topliss-reactive ketones (excluding diaryl/α,β-unsaturated/α-hetero) is 1. The van der Waals surface area contributed by atoms with Crippen molar-refractivity contribution in [2.75, 3.05) is 18.0 Å². The van der Waals surface area contributed by atoms with Crippen LogP contribution in [0.25, 0.3) is 0 Å². The molecule has 0 radical (unpaired) electrons. The molecule has 0 fully saturated rings. The first-order valence-electron chi connectivity index (χ1n) is 6.27. The highest BCUT2D eigenvalue weighted by atomic mass is 19.1. The van der Waals surface area contributed by atoms with Crippen LogP contribution >= 0.6 is 0 Å². The molecular formula is C15H17FN2O. The van der Waals surface area contributed by atoms with Gasteiger partial charge in [-0.2, -0.15) is 0 Å². The fourth-order valence-electron chi connectivity index (χ4n) is 2.06. The largest absolute Gasteiger partial charge is 0.364 e. The van der Waals surface area contributed by atoms with Crippen LogP contribution in [0.3, 0.4) is 0 Å². The number of hydrogen-bond acceptors (Lipinski definition) is 2. The van der Waals surface area contributed by atoms with Gasteiger partial charge in [-0.25, -0.2) is 4.39 Å². The second kappa shape index (κ2) is 5.69. The van der Waals surface area contributed by atoms with Gasteiger partial charge < -0.3 is 9.47 Å². The SMILES string of the molecule is CCN(CC(=O)c1cccn1C)c1cccc(F)c1. The minimum Gasteiger partial charge on any atom is -0.364 e. The number of halogens is 1. The molecule has 100 valence electrons. The molecule has 0 amide bonds. The van der Waals surface area contributed by atoms with E-state index >= 15 is 0 Å². The molecule has 1 aromatic heterocycles. The Morgan fingerprint density at radius 2 is 2.11 bits per heavy atom. The van der Waals surface area contributed by atoms with Crippen LogP contribution in [0.5, 0.6) is 0 Å². The van der Waals surface area contributed by atoms with Crippen LogP contribution in [-0.4, -0.2) is 23.4 Å². The lowest BCUT2D eigenvalue weighted by atomic mass is 10.2. The van der Waals surface area contributed by atoms with E-state index in [1.54, 1.807) is 16.7 Å².